The van der Waals surface area contributed by atoms with Gasteiger partial charge in [0.25, 0.3) is 0 Å². The summed E-state index contributed by atoms with van der Waals surface area (Å²) in [7, 11) is 1.49. The van der Waals surface area contributed by atoms with Crippen LogP contribution in [0.4, 0.5) is 0 Å². The first-order chi connectivity index (χ1) is 7.10. The van der Waals surface area contributed by atoms with E-state index in [1.54, 1.807) is 19.1 Å². The molecule has 5 nitrogen and oxygen atoms in total. The quantitative estimate of drug-likeness (QED) is 0.698. The van der Waals surface area contributed by atoms with E-state index in [1.807, 2.05) is 0 Å². The van der Waals surface area contributed by atoms with Crippen molar-refractivity contribution < 1.29 is 14.9 Å². The molecule has 0 spiro atoms. The van der Waals surface area contributed by atoms with Crippen molar-refractivity contribution in [2.45, 2.75) is 19.1 Å². The second-order valence-electron chi connectivity index (χ2n) is 3.10. The molecule has 0 fully saturated rings. The largest absolute Gasteiger partial charge is 0.481 e. The number of nitrogens with zero attached hydrogens (tertiary/aromatic N) is 2. The summed E-state index contributed by atoms with van der Waals surface area (Å²) in [5.41, 5.74) is 1.13. The lowest BCUT2D eigenvalue weighted by Crippen LogP contribution is -2.17. The maximum Gasteiger partial charge on any atom is 0.213 e. The molecule has 0 bridgehead atoms. The maximum absolute atomic E-state index is 9.58. The molecule has 2 unspecified atom stereocenters. The zero-order valence-electron chi connectivity index (χ0n) is 8.51. The molecule has 0 aliphatic carbocycles. The Bertz CT molecular complexity index is 387. The number of aromatic nitrogens is 1. The zero-order valence-corrected chi connectivity index (χ0v) is 8.51. The van der Waals surface area contributed by atoms with Crippen LogP contribution < -0.4 is 4.74 Å². The second kappa shape index (κ2) is 4.73. The number of aliphatic hydroxyl groups excluding tert-OH is 2. The lowest BCUT2D eigenvalue weighted by molar-refractivity contribution is 0.0520. The van der Waals surface area contributed by atoms with Crippen molar-refractivity contribution in [3.63, 3.8) is 0 Å². The summed E-state index contributed by atoms with van der Waals surface area (Å²) in [6.45, 7) is 1.74. The van der Waals surface area contributed by atoms with Crippen molar-refractivity contribution in [3.8, 4) is 11.9 Å². The fourth-order valence-corrected chi connectivity index (χ4v) is 1.20. The van der Waals surface area contributed by atoms with E-state index in [4.69, 9.17) is 15.1 Å². The van der Waals surface area contributed by atoms with Gasteiger partial charge in [-0.05, 0) is 12.5 Å². The minimum Gasteiger partial charge on any atom is -0.481 e. The highest BCUT2D eigenvalue weighted by Crippen LogP contribution is 2.22. The molecule has 0 saturated carbocycles. The smallest absolute Gasteiger partial charge is 0.213 e. The third-order valence-corrected chi connectivity index (χ3v) is 2.09. The van der Waals surface area contributed by atoms with Crippen molar-refractivity contribution >= 4 is 0 Å². The minimum absolute atomic E-state index is 0.421. The Morgan fingerprint density at radius 1 is 1.53 bits per heavy atom. The van der Waals surface area contributed by atoms with Gasteiger partial charge < -0.3 is 14.9 Å². The number of rotatable bonds is 3. The van der Waals surface area contributed by atoms with Gasteiger partial charge in [0.1, 0.15) is 6.10 Å². The van der Waals surface area contributed by atoms with Crippen LogP contribution in [0.15, 0.2) is 12.3 Å². The summed E-state index contributed by atoms with van der Waals surface area (Å²) in [6, 6.07) is 3.19. The highest BCUT2D eigenvalue weighted by molar-refractivity contribution is 5.31. The average molecular weight is 208 g/mol. The maximum atomic E-state index is 9.58. The predicted octanol–water partition coefficient (Wildman–Crippen LogP) is 0.317. The molecule has 1 rings (SSSR count). The molecule has 2 N–H and O–H groups in total. The molecule has 1 aromatic rings. The minimum atomic E-state index is -1.45. The zero-order chi connectivity index (χ0) is 11.4. The van der Waals surface area contributed by atoms with E-state index in [1.165, 1.54) is 13.3 Å². The van der Waals surface area contributed by atoms with Crippen LogP contribution in [-0.2, 0) is 0 Å². The first-order valence-corrected chi connectivity index (χ1v) is 4.36. The Hall–Kier alpha value is -1.64. The number of aryl methyl sites for hydroxylation is 1. The van der Waals surface area contributed by atoms with Gasteiger partial charge in [0.2, 0.25) is 5.88 Å². The molecule has 0 aliphatic heterocycles. The van der Waals surface area contributed by atoms with Gasteiger partial charge in [0.05, 0.1) is 13.2 Å². The van der Waals surface area contributed by atoms with Crippen LogP contribution in [0.2, 0.25) is 0 Å². The van der Waals surface area contributed by atoms with Crippen LogP contribution in [-0.4, -0.2) is 28.4 Å². The van der Waals surface area contributed by atoms with Gasteiger partial charge in [-0.25, -0.2) is 4.98 Å². The van der Waals surface area contributed by atoms with Gasteiger partial charge in [-0.15, -0.1) is 0 Å². The molecule has 80 valence electrons. The van der Waals surface area contributed by atoms with Crippen molar-refractivity contribution in [1.29, 1.82) is 5.26 Å². The summed E-state index contributed by atoms with van der Waals surface area (Å²) in [5.74, 6) is 0.426. The monoisotopic (exact) mass is 208 g/mol. The van der Waals surface area contributed by atoms with Crippen molar-refractivity contribution in [2.75, 3.05) is 7.11 Å². The highest BCUT2D eigenvalue weighted by atomic mass is 16.5. The Balaban J connectivity index is 3.01. The molecular formula is C10H12N2O3. The summed E-state index contributed by atoms with van der Waals surface area (Å²) in [4.78, 5) is 3.89. The number of methoxy groups -OCH3 is 1. The highest BCUT2D eigenvalue weighted by Gasteiger charge is 2.20. The van der Waals surface area contributed by atoms with Gasteiger partial charge in [-0.3, -0.25) is 0 Å². The van der Waals surface area contributed by atoms with Gasteiger partial charge in [0, 0.05) is 17.8 Å². The van der Waals surface area contributed by atoms with E-state index in [0.29, 0.717) is 17.0 Å². The molecule has 0 aliphatic rings. The Morgan fingerprint density at radius 3 is 2.67 bits per heavy atom. The van der Waals surface area contributed by atoms with E-state index in [0.717, 1.165) is 0 Å². The third kappa shape index (κ3) is 2.43. The SMILES string of the molecule is COc1cc(C)c(C(O)C(O)C#N)cn1. The standard InChI is InChI=1S/C10H12N2O3/c1-6-3-9(15-2)12-5-7(6)10(14)8(13)4-11/h3,5,8,10,13-14H,1-2H3. The molecule has 0 aromatic carbocycles. The van der Waals surface area contributed by atoms with Crippen LogP contribution in [0.5, 0.6) is 5.88 Å². The number of hydrogen-bond acceptors (Lipinski definition) is 5. The van der Waals surface area contributed by atoms with Gasteiger partial charge in [0.15, 0.2) is 6.10 Å². The Kier molecular flexibility index (Phi) is 3.61. The third-order valence-electron chi connectivity index (χ3n) is 2.09. The first kappa shape index (κ1) is 11.4. The van der Waals surface area contributed by atoms with E-state index in [-0.39, 0.29) is 0 Å². The molecule has 1 aromatic heterocycles. The average Bonchev–Trinajstić information content (AvgIpc) is 2.26. The predicted molar refractivity (Wildman–Crippen MR) is 52.1 cm³/mol. The second-order valence-corrected chi connectivity index (χ2v) is 3.10. The Labute approximate surface area is 87.6 Å². The van der Waals surface area contributed by atoms with Gasteiger partial charge in [-0.2, -0.15) is 5.26 Å². The lowest BCUT2D eigenvalue weighted by atomic mass is 10.0. The molecular weight excluding hydrogens is 196 g/mol. The van der Waals surface area contributed by atoms with Crippen LogP contribution >= 0.6 is 0 Å². The summed E-state index contributed by atoms with van der Waals surface area (Å²) in [5, 5.41) is 27.2. The molecule has 0 radical (unpaired) electrons. The van der Waals surface area contributed by atoms with Crippen molar-refractivity contribution in [2.24, 2.45) is 0 Å². The molecule has 1 heterocycles. The number of ether oxygens (including phenoxy) is 1. The van der Waals surface area contributed by atoms with Crippen LogP contribution in [0.3, 0.4) is 0 Å². The number of aliphatic hydroxyl groups is 2. The van der Waals surface area contributed by atoms with Crippen LogP contribution in [0, 0.1) is 18.3 Å². The van der Waals surface area contributed by atoms with Crippen LogP contribution in [0.25, 0.3) is 0 Å². The van der Waals surface area contributed by atoms with E-state index >= 15 is 0 Å². The lowest BCUT2D eigenvalue weighted by Gasteiger charge is -2.14. The normalized spacial score (nSPS) is 14.1. The topological polar surface area (TPSA) is 86.4 Å². The fourth-order valence-electron chi connectivity index (χ4n) is 1.20. The molecule has 15 heavy (non-hydrogen) atoms. The number of nitriles is 1. The van der Waals surface area contributed by atoms with Gasteiger partial charge >= 0.3 is 0 Å². The number of hydrogen-bond donors (Lipinski definition) is 2. The van der Waals surface area contributed by atoms with E-state index < -0.39 is 12.2 Å². The summed E-state index contributed by atoms with van der Waals surface area (Å²) in [6.07, 6.45) is -1.30. The van der Waals surface area contributed by atoms with Crippen molar-refractivity contribution in [1.82, 2.24) is 4.98 Å². The summed E-state index contributed by atoms with van der Waals surface area (Å²) < 4.78 is 4.90. The summed E-state index contributed by atoms with van der Waals surface area (Å²) >= 11 is 0. The van der Waals surface area contributed by atoms with E-state index in [2.05, 4.69) is 4.98 Å². The fraction of sp³-hybridized carbons (Fsp3) is 0.400. The molecule has 0 amide bonds. The number of pyridine rings is 1. The van der Waals surface area contributed by atoms with Crippen molar-refractivity contribution in [3.05, 3.63) is 23.4 Å². The van der Waals surface area contributed by atoms with Crippen LogP contribution in [0.1, 0.15) is 17.2 Å². The molecule has 0 saturated heterocycles. The van der Waals surface area contributed by atoms with Gasteiger partial charge in [-0.1, -0.05) is 0 Å². The molecule has 2 atom stereocenters. The molecule has 5 heteroatoms. The van der Waals surface area contributed by atoms with E-state index in [9.17, 15) is 5.11 Å². The Morgan fingerprint density at radius 2 is 2.20 bits per heavy atom. The first-order valence-electron chi connectivity index (χ1n) is 4.36.